The standard InChI is InChI=1S/C15H9ClN2O4S/c16-14-13-8(7-1-2-9-10(3-7)22-6-21-9)5-23-15(13)18-11(17-14)4-12(19)20/h1-3,5H,4,6H2,(H,19,20). The smallest absolute Gasteiger partial charge is 0.311 e. The topological polar surface area (TPSA) is 81.5 Å². The molecule has 3 heterocycles. The van der Waals surface area contributed by atoms with E-state index in [0.717, 1.165) is 11.1 Å². The summed E-state index contributed by atoms with van der Waals surface area (Å²) in [6.07, 6.45) is -0.257. The molecule has 0 saturated heterocycles. The highest BCUT2D eigenvalue weighted by Gasteiger charge is 2.18. The molecule has 2 aromatic heterocycles. The van der Waals surface area contributed by atoms with E-state index in [2.05, 4.69) is 9.97 Å². The highest BCUT2D eigenvalue weighted by atomic mass is 35.5. The van der Waals surface area contributed by atoms with Crippen LogP contribution < -0.4 is 9.47 Å². The van der Waals surface area contributed by atoms with Gasteiger partial charge in [-0.25, -0.2) is 9.97 Å². The van der Waals surface area contributed by atoms with Crippen molar-refractivity contribution in [2.75, 3.05) is 6.79 Å². The van der Waals surface area contributed by atoms with Gasteiger partial charge in [0.15, 0.2) is 11.5 Å². The second kappa shape index (κ2) is 5.36. The second-order valence-corrected chi connectivity index (χ2v) is 6.11. The van der Waals surface area contributed by atoms with Crippen LogP contribution in [-0.2, 0) is 11.2 Å². The average molecular weight is 349 g/mol. The molecule has 0 radical (unpaired) electrons. The van der Waals surface area contributed by atoms with Crippen LogP contribution in [0.4, 0.5) is 0 Å². The van der Waals surface area contributed by atoms with Gasteiger partial charge in [-0.3, -0.25) is 4.79 Å². The summed E-state index contributed by atoms with van der Waals surface area (Å²) in [7, 11) is 0. The van der Waals surface area contributed by atoms with Crippen molar-refractivity contribution in [2.24, 2.45) is 0 Å². The van der Waals surface area contributed by atoms with E-state index in [9.17, 15) is 4.79 Å². The highest BCUT2D eigenvalue weighted by Crippen LogP contribution is 2.41. The number of carbonyl (C=O) groups is 1. The van der Waals surface area contributed by atoms with E-state index >= 15 is 0 Å². The van der Waals surface area contributed by atoms with E-state index in [-0.39, 0.29) is 24.2 Å². The first-order valence-corrected chi connectivity index (χ1v) is 7.93. The van der Waals surface area contributed by atoms with E-state index < -0.39 is 5.97 Å². The van der Waals surface area contributed by atoms with Gasteiger partial charge in [0.1, 0.15) is 22.2 Å². The average Bonchev–Trinajstić information content (AvgIpc) is 3.11. The molecule has 1 N–H and O–H groups in total. The van der Waals surface area contributed by atoms with Crippen LogP contribution in [0.15, 0.2) is 23.6 Å². The molecule has 0 spiro atoms. The van der Waals surface area contributed by atoms with E-state index in [4.69, 9.17) is 26.2 Å². The number of aromatic nitrogens is 2. The van der Waals surface area contributed by atoms with Crippen molar-refractivity contribution in [1.29, 1.82) is 0 Å². The Bertz CT molecular complexity index is 941. The number of fused-ring (bicyclic) bond motifs is 2. The van der Waals surface area contributed by atoms with Crippen LogP contribution in [0.5, 0.6) is 11.5 Å². The Hall–Kier alpha value is -2.38. The minimum atomic E-state index is -0.993. The predicted octanol–water partition coefficient (Wildman–Crippen LogP) is 3.37. The van der Waals surface area contributed by atoms with Crippen LogP contribution in [0.1, 0.15) is 5.82 Å². The summed E-state index contributed by atoms with van der Waals surface area (Å²) in [6, 6.07) is 5.64. The first-order chi connectivity index (χ1) is 11.1. The van der Waals surface area contributed by atoms with E-state index in [1.54, 1.807) is 0 Å². The van der Waals surface area contributed by atoms with Gasteiger partial charge in [-0.05, 0) is 17.7 Å². The Balaban J connectivity index is 1.83. The molecule has 8 heteroatoms. The Morgan fingerprint density at radius 2 is 2.13 bits per heavy atom. The molecular formula is C15H9ClN2O4S. The summed E-state index contributed by atoms with van der Waals surface area (Å²) in [5, 5.41) is 11.7. The zero-order valence-electron chi connectivity index (χ0n) is 11.6. The van der Waals surface area contributed by atoms with Crippen LogP contribution >= 0.6 is 22.9 Å². The van der Waals surface area contributed by atoms with Gasteiger partial charge in [-0.1, -0.05) is 17.7 Å². The van der Waals surface area contributed by atoms with Crippen molar-refractivity contribution in [1.82, 2.24) is 9.97 Å². The third-order valence-corrected chi connectivity index (χ3v) is 4.57. The van der Waals surface area contributed by atoms with Gasteiger partial charge in [-0.15, -0.1) is 11.3 Å². The predicted molar refractivity (Wildman–Crippen MR) is 85.3 cm³/mol. The van der Waals surface area contributed by atoms with E-state index in [1.807, 2.05) is 23.6 Å². The maximum absolute atomic E-state index is 10.8. The number of benzene rings is 1. The van der Waals surface area contributed by atoms with Gasteiger partial charge in [0.2, 0.25) is 6.79 Å². The van der Waals surface area contributed by atoms with Crippen LogP contribution in [0.3, 0.4) is 0 Å². The number of ether oxygens (including phenoxy) is 2. The van der Waals surface area contributed by atoms with Gasteiger partial charge in [0.05, 0.1) is 5.39 Å². The molecule has 0 unspecified atom stereocenters. The van der Waals surface area contributed by atoms with Crippen LogP contribution in [0.25, 0.3) is 21.3 Å². The summed E-state index contributed by atoms with van der Waals surface area (Å²) in [5.41, 5.74) is 1.80. The fraction of sp³-hybridized carbons (Fsp3) is 0.133. The first-order valence-electron chi connectivity index (χ1n) is 6.67. The van der Waals surface area contributed by atoms with Crippen molar-refractivity contribution in [3.63, 3.8) is 0 Å². The molecule has 0 bridgehead atoms. The molecule has 0 fully saturated rings. The van der Waals surface area contributed by atoms with Gasteiger partial charge in [0, 0.05) is 10.9 Å². The SMILES string of the molecule is O=C(O)Cc1nc(Cl)c2c(-c3ccc4c(c3)OCO4)csc2n1. The Labute approximate surface area is 139 Å². The highest BCUT2D eigenvalue weighted by molar-refractivity contribution is 7.17. The largest absolute Gasteiger partial charge is 0.481 e. The summed E-state index contributed by atoms with van der Waals surface area (Å²) >= 11 is 7.66. The molecule has 1 aliphatic heterocycles. The number of nitrogens with zero attached hydrogens (tertiary/aromatic N) is 2. The van der Waals surface area contributed by atoms with Crippen molar-refractivity contribution in [2.45, 2.75) is 6.42 Å². The molecule has 0 aliphatic carbocycles. The van der Waals surface area contributed by atoms with Crippen LogP contribution in [0.2, 0.25) is 5.15 Å². The van der Waals surface area contributed by atoms with Gasteiger partial charge >= 0.3 is 5.97 Å². The molecule has 6 nitrogen and oxygen atoms in total. The number of rotatable bonds is 3. The lowest BCUT2D eigenvalue weighted by Crippen LogP contribution is -2.04. The number of halogens is 1. The zero-order valence-corrected chi connectivity index (χ0v) is 13.1. The van der Waals surface area contributed by atoms with Crippen LogP contribution in [0, 0.1) is 0 Å². The third-order valence-electron chi connectivity index (χ3n) is 3.43. The molecule has 0 saturated carbocycles. The minimum absolute atomic E-state index is 0.203. The van der Waals surface area contributed by atoms with Crippen molar-refractivity contribution in [3.8, 4) is 22.6 Å². The minimum Gasteiger partial charge on any atom is -0.481 e. The number of aliphatic carboxylic acids is 1. The molecular weight excluding hydrogens is 340 g/mol. The normalized spacial score (nSPS) is 12.7. The maximum Gasteiger partial charge on any atom is 0.311 e. The number of carboxylic acid groups (broad SMARTS) is 1. The molecule has 23 heavy (non-hydrogen) atoms. The fourth-order valence-corrected chi connectivity index (χ4v) is 3.74. The van der Waals surface area contributed by atoms with Gasteiger partial charge < -0.3 is 14.6 Å². The number of hydrogen-bond donors (Lipinski definition) is 1. The number of carboxylic acids is 1. The zero-order chi connectivity index (χ0) is 16.0. The summed E-state index contributed by atoms with van der Waals surface area (Å²) in [5.74, 6) is 0.600. The Morgan fingerprint density at radius 1 is 1.30 bits per heavy atom. The monoisotopic (exact) mass is 348 g/mol. The lowest BCUT2D eigenvalue weighted by molar-refractivity contribution is -0.136. The van der Waals surface area contributed by atoms with E-state index in [1.165, 1.54) is 11.3 Å². The molecule has 3 aromatic rings. The summed E-state index contributed by atoms with van der Waals surface area (Å²) in [6.45, 7) is 0.214. The first kappa shape index (κ1) is 14.2. The van der Waals surface area contributed by atoms with Gasteiger partial charge in [-0.2, -0.15) is 0 Å². The third kappa shape index (κ3) is 2.47. The maximum atomic E-state index is 10.8. The molecule has 4 rings (SSSR count). The van der Waals surface area contributed by atoms with Crippen molar-refractivity contribution >= 4 is 39.1 Å². The van der Waals surface area contributed by atoms with Crippen LogP contribution in [-0.4, -0.2) is 27.8 Å². The van der Waals surface area contributed by atoms with Crippen molar-refractivity contribution in [3.05, 3.63) is 34.6 Å². The second-order valence-electron chi connectivity index (χ2n) is 4.90. The fourth-order valence-electron chi connectivity index (χ4n) is 2.43. The lowest BCUT2D eigenvalue weighted by atomic mass is 10.1. The molecule has 1 aliphatic rings. The quantitative estimate of drug-likeness (QED) is 0.731. The molecule has 0 atom stereocenters. The lowest BCUT2D eigenvalue weighted by Gasteiger charge is -2.04. The van der Waals surface area contributed by atoms with E-state index in [0.29, 0.717) is 21.7 Å². The number of hydrogen-bond acceptors (Lipinski definition) is 6. The van der Waals surface area contributed by atoms with Crippen molar-refractivity contribution < 1.29 is 19.4 Å². The number of thiophene rings is 1. The Kier molecular flexibility index (Phi) is 3.32. The van der Waals surface area contributed by atoms with Gasteiger partial charge in [0.25, 0.3) is 0 Å². The summed E-state index contributed by atoms with van der Waals surface area (Å²) in [4.78, 5) is 19.8. The summed E-state index contributed by atoms with van der Waals surface area (Å²) < 4.78 is 10.7. The molecule has 1 aromatic carbocycles. The molecule has 116 valence electrons. The Morgan fingerprint density at radius 3 is 2.96 bits per heavy atom. The molecule has 0 amide bonds.